The van der Waals surface area contributed by atoms with Crippen LogP contribution < -0.4 is 5.32 Å². The zero-order chi connectivity index (χ0) is 21.7. The van der Waals surface area contributed by atoms with Gasteiger partial charge in [0.2, 0.25) is 0 Å². The number of hydrogen-bond donors (Lipinski definition) is 1. The molecule has 1 aliphatic heterocycles. The minimum Gasteiger partial charge on any atom is -0.465 e. The van der Waals surface area contributed by atoms with Gasteiger partial charge in [-0.2, -0.15) is 0 Å². The van der Waals surface area contributed by atoms with Crippen molar-refractivity contribution in [1.29, 1.82) is 0 Å². The average molecular weight is 409 g/mol. The molecule has 1 aliphatic rings. The highest BCUT2D eigenvalue weighted by Gasteiger charge is 2.23. The monoisotopic (exact) mass is 408 g/mol. The van der Waals surface area contributed by atoms with Crippen molar-refractivity contribution in [3.8, 4) is 0 Å². The number of nitrogens with zero attached hydrogens (tertiary/aromatic N) is 1. The summed E-state index contributed by atoms with van der Waals surface area (Å²) >= 11 is 0. The topological polar surface area (TPSA) is 58.6 Å². The summed E-state index contributed by atoms with van der Waals surface area (Å²) in [7, 11) is 1.34. The minimum absolute atomic E-state index is 0.120. The van der Waals surface area contributed by atoms with Crippen LogP contribution in [0.1, 0.15) is 55.1 Å². The summed E-state index contributed by atoms with van der Waals surface area (Å²) < 4.78 is 4.73. The van der Waals surface area contributed by atoms with E-state index in [1.807, 2.05) is 4.90 Å². The summed E-state index contributed by atoms with van der Waals surface area (Å²) in [6, 6.07) is 15.7. The van der Waals surface area contributed by atoms with Crippen LogP contribution in [0, 0.1) is 5.92 Å². The second-order valence-corrected chi connectivity index (χ2v) is 9.08. The van der Waals surface area contributed by atoms with Gasteiger partial charge in [-0.25, -0.2) is 9.59 Å². The van der Waals surface area contributed by atoms with E-state index in [0.717, 1.165) is 32.4 Å². The molecule has 3 rings (SSSR count). The highest BCUT2D eigenvalue weighted by molar-refractivity contribution is 5.93. The Labute approximate surface area is 179 Å². The first-order chi connectivity index (χ1) is 14.3. The average Bonchev–Trinajstić information content (AvgIpc) is 2.73. The fourth-order valence-electron chi connectivity index (χ4n) is 3.86. The molecular weight excluding hydrogens is 376 g/mol. The lowest BCUT2D eigenvalue weighted by molar-refractivity contribution is 0.0600. The molecule has 2 aromatic rings. The van der Waals surface area contributed by atoms with Crippen molar-refractivity contribution in [1.82, 2.24) is 4.90 Å². The van der Waals surface area contributed by atoms with E-state index in [9.17, 15) is 9.59 Å². The first-order valence-electron chi connectivity index (χ1n) is 10.6. The highest BCUT2D eigenvalue weighted by Crippen LogP contribution is 2.26. The fraction of sp³-hybridized carbons (Fsp3) is 0.440. The van der Waals surface area contributed by atoms with Crippen LogP contribution >= 0.6 is 0 Å². The number of esters is 1. The van der Waals surface area contributed by atoms with Crippen molar-refractivity contribution >= 4 is 17.7 Å². The Bertz CT molecular complexity index is 876. The fourth-order valence-corrected chi connectivity index (χ4v) is 3.86. The number of hydrogen-bond acceptors (Lipinski definition) is 3. The summed E-state index contributed by atoms with van der Waals surface area (Å²) in [5.41, 5.74) is 3.92. The van der Waals surface area contributed by atoms with Gasteiger partial charge in [0, 0.05) is 18.8 Å². The van der Waals surface area contributed by atoms with E-state index in [4.69, 9.17) is 4.74 Å². The number of likely N-dealkylation sites (tertiary alicyclic amines) is 1. The van der Waals surface area contributed by atoms with Gasteiger partial charge in [0.05, 0.1) is 12.7 Å². The second-order valence-electron chi connectivity index (χ2n) is 9.08. The smallest absolute Gasteiger partial charge is 0.337 e. The number of piperidine rings is 1. The Morgan fingerprint density at radius 1 is 1.07 bits per heavy atom. The number of nitrogens with one attached hydrogen (secondary N) is 1. The SMILES string of the molecule is COC(=O)c1cccc(NC(=O)N2CCC(Cc3ccc(C(C)(C)C)cc3)CC2)c1. The molecule has 0 radical (unpaired) electrons. The molecule has 2 aromatic carbocycles. The molecule has 0 spiro atoms. The van der Waals surface area contributed by atoms with Gasteiger partial charge in [0.1, 0.15) is 0 Å². The largest absolute Gasteiger partial charge is 0.465 e. The molecule has 5 heteroatoms. The number of ether oxygens (including phenoxy) is 1. The van der Waals surface area contributed by atoms with E-state index in [1.165, 1.54) is 18.2 Å². The van der Waals surface area contributed by atoms with Crippen molar-refractivity contribution in [3.05, 3.63) is 65.2 Å². The molecule has 0 aromatic heterocycles. The molecule has 1 N–H and O–H groups in total. The quantitative estimate of drug-likeness (QED) is 0.702. The normalized spacial score (nSPS) is 15.0. The molecule has 30 heavy (non-hydrogen) atoms. The first kappa shape index (κ1) is 21.9. The molecule has 5 nitrogen and oxygen atoms in total. The van der Waals surface area contributed by atoms with Crippen LogP contribution in [0.2, 0.25) is 0 Å². The molecule has 1 saturated heterocycles. The number of carbonyl (C=O) groups excluding carboxylic acids is 2. The van der Waals surface area contributed by atoms with E-state index >= 15 is 0 Å². The highest BCUT2D eigenvalue weighted by atomic mass is 16.5. The summed E-state index contributed by atoms with van der Waals surface area (Å²) in [6.45, 7) is 8.18. The molecule has 1 heterocycles. The van der Waals surface area contributed by atoms with Crippen molar-refractivity contribution in [3.63, 3.8) is 0 Å². The Hall–Kier alpha value is -2.82. The molecule has 0 aliphatic carbocycles. The van der Waals surface area contributed by atoms with Gasteiger partial charge >= 0.3 is 12.0 Å². The molecule has 1 fully saturated rings. The maximum absolute atomic E-state index is 12.6. The van der Waals surface area contributed by atoms with Crippen molar-refractivity contribution in [2.45, 2.75) is 45.4 Å². The predicted molar refractivity (Wildman–Crippen MR) is 120 cm³/mol. The second kappa shape index (κ2) is 9.33. The number of rotatable bonds is 4. The van der Waals surface area contributed by atoms with Crippen LogP contribution in [0.3, 0.4) is 0 Å². The minimum atomic E-state index is -0.414. The van der Waals surface area contributed by atoms with E-state index < -0.39 is 5.97 Å². The maximum Gasteiger partial charge on any atom is 0.337 e. The Balaban J connectivity index is 1.50. The van der Waals surface area contributed by atoms with Crippen molar-refractivity contribution in [2.75, 3.05) is 25.5 Å². The van der Waals surface area contributed by atoms with E-state index in [-0.39, 0.29) is 11.4 Å². The van der Waals surface area contributed by atoms with Crippen molar-refractivity contribution < 1.29 is 14.3 Å². The van der Waals surface area contributed by atoms with Crippen molar-refractivity contribution in [2.24, 2.45) is 5.92 Å². The number of urea groups is 1. The standard InChI is InChI=1S/C25H32N2O3/c1-25(2,3)21-10-8-18(9-11-21)16-19-12-14-27(15-13-19)24(29)26-22-7-5-6-20(17-22)23(28)30-4/h5-11,17,19H,12-16H2,1-4H3,(H,26,29). The summed E-state index contributed by atoms with van der Waals surface area (Å²) in [4.78, 5) is 26.1. The summed E-state index contributed by atoms with van der Waals surface area (Å²) in [5, 5.41) is 2.90. The Morgan fingerprint density at radius 3 is 2.33 bits per heavy atom. The molecule has 160 valence electrons. The number of anilines is 1. The number of amides is 2. The van der Waals surface area contributed by atoms with Gasteiger partial charge in [-0.3, -0.25) is 0 Å². The molecular formula is C25H32N2O3. The first-order valence-corrected chi connectivity index (χ1v) is 10.6. The van der Waals surface area contributed by atoms with Crippen LogP contribution in [0.5, 0.6) is 0 Å². The van der Waals surface area contributed by atoms with Crippen LogP contribution in [0.25, 0.3) is 0 Å². The third kappa shape index (κ3) is 5.62. The van der Waals surface area contributed by atoms with Crippen LogP contribution in [0.4, 0.5) is 10.5 Å². The third-order valence-corrected chi connectivity index (χ3v) is 5.78. The molecule has 0 bridgehead atoms. The van der Waals surface area contributed by atoms with Crippen LogP contribution in [0.15, 0.2) is 48.5 Å². The van der Waals surface area contributed by atoms with Gasteiger partial charge in [-0.15, -0.1) is 0 Å². The number of methoxy groups -OCH3 is 1. The van der Waals surface area contributed by atoms with Gasteiger partial charge in [0.25, 0.3) is 0 Å². The maximum atomic E-state index is 12.6. The summed E-state index contributed by atoms with van der Waals surface area (Å²) in [6.07, 6.45) is 3.05. The number of benzene rings is 2. The third-order valence-electron chi connectivity index (χ3n) is 5.78. The van der Waals surface area contributed by atoms with E-state index in [1.54, 1.807) is 24.3 Å². The molecule has 2 amide bonds. The van der Waals surface area contributed by atoms with Gasteiger partial charge in [0.15, 0.2) is 0 Å². The lowest BCUT2D eigenvalue weighted by Crippen LogP contribution is -2.41. The van der Waals surface area contributed by atoms with Gasteiger partial charge in [-0.1, -0.05) is 51.1 Å². The van der Waals surface area contributed by atoms with Gasteiger partial charge in [-0.05, 0) is 59.9 Å². The van der Waals surface area contributed by atoms with Gasteiger partial charge < -0.3 is 15.0 Å². The van der Waals surface area contributed by atoms with Crippen LogP contribution in [-0.4, -0.2) is 37.1 Å². The lowest BCUT2D eigenvalue weighted by Gasteiger charge is -2.32. The number of carbonyl (C=O) groups is 2. The zero-order valence-electron chi connectivity index (χ0n) is 18.4. The van der Waals surface area contributed by atoms with Crippen LogP contribution in [-0.2, 0) is 16.6 Å². The molecule has 0 unspecified atom stereocenters. The Kier molecular flexibility index (Phi) is 6.80. The predicted octanol–water partition coefficient (Wildman–Crippen LogP) is 5.26. The lowest BCUT2D eigenvalue weighted by atomic mass is 9.85. The Morgan fingerprint density at radius 2 is 1.73 bits per heavy atom. The zero-order valence-corrected chi connectivity index (χ0v) is 18.4. The van der Waals surface area contributed by atoms with E-state index in [0.29, 0.717) is 17.2 Å². The molecule has 0 saturated carbocycles. The van der Waals surface area contributed by atoms with E-state index in [2.05, 4.69) is 50.4 Å². The molecule has 0 atom stereocenters. The summed E-state index contributed by atoms with van der Waals surface area (Å²) in [5.74, 6) is 0.180.